The van der Waals surface area contributed by atoms with Crippen LogP contribution in [0.15, 0.2) is 11.8 Å². The Kier molecular flexibility index (Phi) is 2.10. The van der Waals surface area contributed by atoms with Crippen molar-refractivity contribution in [1.29, 1.82) is 0 Å². The maximum absolute atomic E-state index is 10.7. The first-order valence-corrected chi connectivity index (χ1v) is 3.63. The average molecular weight is 140 g/mol. The van der Waals surface area contributed by atoms with Crippen molar-refractivity contribution < 1.29 is 9.53 Å². The highest BCUT2D eigenvalue weighted by molar-refractivity contribution is 5.70. The van der Waals surface area contributed by atoms with E-state index in [0.717, 1.165) is 12.2 Å². The highest BCUT2D eigenvalue weighted by atomic mass is 16.5. The molecule has 0 aromatic carbocycles. The molecule has 0 fully saturated rings. The lowest BCUT2D eigenvalue weighted by atomic mass is 9.95. The zero-order valence-electron chi connectivity index (χ0n) is 6.39. The summed E-state index contributed by atoms with van der Waals surface area (Å²) in [6, 6.07) is 0. The van der Waals surface area contributed by atoms with Gasteiger partial charge >= 0.3 is 5.97 Å². The average Bonchev–Trinajstić information content (AvgIpc) is 1.84. The van der Waals surface area contributed by atoms with E-state index in [0.29, 0.717) is 12.3 Å². The molecule has 0 saturated carbocycles. The molecule has 0 radical (unpaired) electrons. The third kappa shape index (κ3) is 1.59. The zero-order chi connectivity index (χ0) is 7.56. The molecule has 2 heteroatoms. The van der Waals surface area contributed by atoms with Gasteiger partial charge in [-0.05, 0) is 12.0 Å². The summed E-state index contributed by atoms with van der Waals surface area (Å²) in [7, 11) is 0. The molecule has 56 valence electrons. The number of rotatable bonds is 2. The van der Waals surface area contributed by atoms with Gasteiger partial charge in [0.25, 0.3) is 0 Å². The number of hydrogen-bond acceptors (Lipinski definition) is 2. The summed E-state index contributed by atoms with van der Waals surface area (Å²) in [5.74, 6) is 1.32. The van der Waals surface area contributed by atoms with Crippen LogP contribution in [-0.2, 0) is 9.53 Å². The van der Waals surface area contributed by atoms with E-state index in [1.54, 1.807) is 6.92 Å². The third-order valence-corrected chi connectivity index (χ3v) is 1.53. The molecule has 1 aliphatic rings. The lowest BCUT2D eigenvalue weighted by Crippen LogP contribution is -2.12. The molecule has 0 aromatic heterocycles. The maximum atomic E-state index is 10.7. The zero-order valence-corrected chi connectivity index (χ0v) is 6.39. The minimum absolute atomic E-state index is 0.127. The maximum Gasteiger partial charge on any atom is 0.310 e. The molecule has 0 aromatic rings. The number of allylic oxidation sites excluding steroid dienone is 2. The molecule has 0 N–H and O–H groups in total. The van der Waals surface area contributed by atoms with Gasteiger partial charge in [0.15, 0.2) is 0 Å². The standard InChI is InChI=1S/C8H12O2/c1-3-8(9)10-7-4-6(2)5-7/h4,6H,3,5H2,1-2H3. The van der Waals surface area contributed by atoms with Crippen LogP contribution in [-0.4, -0.2) is 5.97 Å². The highest BCUT2D eigenvalue weighted by Crippen LogP contribution is 2.25. The minimum Gasteiger partial charge on any atom is -0.431 e. The Bertz CT molecular complexity index is 170. The first kappa shape index (κ1) is 7.32. The van der Waals surface area contributed by atoms with Gasteiger partial charge in [-0.25, -0.2) is 0 Å². The van der Waals surface area contributed by atoms with Crippen molar-refractivity contribution in [2.45, 2.75) is 26.7 Å². The van der Waals surface area contributed by atoms with Crippen LogP contribution in [0.2, 0.25) is 0 Å². The molecule has 1 unspecified atom stereocenters. The second kappa shape index (κ2) is 2.86. The predicted octanol–water partition coefficient (Wildman–Crippen LogP) is 1.86. The molecule has 2 nitrogen and oxygen atoms in total. The molecular weight excluding hydrogens is 128 g/mol. The molecule has 1 rings (SSSR count). The van der Waals surface area contributed by atoms with E-state index in [2.05, 4.69) is 6.92 Å². The fourth-order valence-electron chi connectivity index (χ4n) is 0.895. The van der Waals surface area contributed by atoms with Gasteiger partial charge < -0.3 is 4.74 Å². The normalized spacial score (nSPS) is 23.0. The van der Waals surface area contributed by atoms with Crippen molar-refractivity contribution >= 4 is 5.97 Å². The smallest absolute Gasteiger partial charge is 0.310 e. The molecule has 0 spiro atoms. The molecular formula is C8H12O2. The minimum atomic E-state index is -0.127. The van der Waals surface area contributed by atoms with E-state index in [-0.39, 0.29) is 5.97 Å². The van der Waals surface area contributed by atoms with E-state index in [1.807, 2.05) is 6.08 Å². The predicted molar refractivity (Wildman–Crippen MR) is 38.2 cm³/mol. The van der Waals surface area contributed by atoms with E-state index in [9.17, 15) is 4.79 Å². The van der Waals surface area contributed by atoms with Crippen molar-refractivity contribution in [3.63, 3.8) is 0 Å². The van der Waals surface area contributed by atoms with Crippen molar-refractivity contribution in [2.24, 2.45) is 5.92 Å². The van der Waals surface area contributed by atoms with Crippen molar-refractivity contribution in [3.05, 3.63) is 11.8 Å². The topological polar surface area (TPSA) is 26.3 Å². The van der Waals surface area contributed by atoms with E-state index < -0.39 is 0 Å². The number of carbonyl (C=O) groups is 1. The van der Waals surface area contributed by atoms with Gasteiger partial charge in [-0.3, -0.25) is 4.79 Å². The van der Waals surface area contributed by atoms with Gasteiger partial charge in [-0.2, -0.15) is 0 Å². The van der Waals surface area contributed by atoms with Crippen LogP contribution in [0.1, 0.15) is 26.7 Å². The number of ether oxygens (including phenoxy) is 1. The fraction of sp³-hybridized carbons (Fsp3) is 0.625. The largest absolute Gasteiger partial charge is 0.431 e. The second-order valence-corrected chi connectivity index (χ2v) is 2.64. The van der Waals surface area contributed by atoms with Gasteiger partial charge in [0.2, 0.25) is 0 Å². The first-order valence-electron chi connectivity index (χ1n) is 3.63. The fourth-order valence-corrected chi connectivity index (χ4v) is 0.895. The molecule has 1 aliphatic carbocycles. The number of hydrogen-bond donors (Lipinski definition) is 0. The van der Waals surface area contributed by atoms with Crippen molar-refractivity contribution in [3.8, 4) is 0 Å². The lowest BCUT2D eigenvalue weighted by Gasteiger charge is -2.20. The van der Waals surface area contributed by atoms with Crippen molar-refractivity contribution in [2.75, 3.05) is 0 Å². The summed E-state index contributed by atoms with van der Waals surface area (Å²) >= 11 is 0. The third-order valence-electron chi connectivity index (χ3n) is 1.53. The van der Waals surface area contributed by atoms with Gasteiger partial charge in [-0.15, -0.1) is 0 Å². The van der Waals surface area contributed by atoms with Gasteiger partial charge in [0, 0.05) is 12.8 Å². The Morgan fingerprint density at radius 3 is 2.90 bits per heavy atom. The Labute approximate surface area is 60.9 Å². The first-order chi connectivity index (χ1) is 4.72. The van der Waals surface area contributed by atoms with Crippen LogP contribution in [0, 0.1) is 5.92 Å². The summed E-state index contributed by atoms with van der Waals surface area (Å²) in [5.41, 5.74) is 0. The molecule has 1 atom stereocenters. The molecule has 0 saturated heterocycles. The quantitative estimate of drug-likeness (QED) is 0.547. The summed E-state index contributed by atoms with van der Waals surface area (Å²) in [5, 5.41) is 0. The monoisotopic (exact) mass is 140 g/mol. The highest BCUT2D eigenvalue weighted by Gasteiger charge is 2.17. The van der Waals surface area contributed by atoms with E-state index in [4.69, 9.17) is 4.74 Å². The van der Waals surface area contributed by atoms with Crippen LogP contribution in [0.3, 0.4) is 0 Å². The summed E-state index contributed by atoms with van der Waals surface area (Å²) < 4.78 is 4.93. The summed E-state index contributed by atoms with van der Waals surface area (Å²) in [6.45, 7) is 3.90. The van der Waals surface area contributed by atoms with Gasteiger partial charge in [-0.1, -0.05) is 13.8 Å². The molecule has 10 heavy (non-hydrogen) atoms. The summed E-state index contributed by atoms with van der Waals surface area (Å²) in [6.07, 6.45) is 3.37. The molecule has 0 amide bonds. The van der Waals surface area contributed by atoms with Crippen LogP contribution in [0.4, 0.5) is 0 Å². The number of esters is 1. The van der Waals surface area contributed by atoms with Crippen LogP contribution >= 0.6 is 0 Å². The molecule has 0 bridgehead atoms. The van der Waals surface area contributed by atoms with Crippen LogP contribution < -0.4 is 0 Å². The Hall–Kier alpha value is -0.790. The van der Waals surface area contributed by atoms with Gasteiger partial charge in [0.05, 0.1) is 0 Å². The SMILES string of the molecule is CCC(=O)OC1=CC(C)C1. The second-order valence-electron chi connectivity index (χ2n) is 2.64. The summed E-state index contributed by atoms with van der Waals surface area (Å²) in [4.78, 5) is 10.7. The van der Waals surface area contributed by atoms with Gasteiger partial charge in [0.1, 0.15) is 5.76 Å². The lowest BCUT2D eigenvalue weighted by molar-refractivity contribution is -0.139. The van der Waals surface area contributed by atoms with Crippen LogP contribution in [0.25, 0.3) is 0 Å². The molecule has 0 heterocycles. The van der Waals surface area contributed by atoms with Crippen molar-refractivity contribution in [1.82, 2.24) is 0 Å². The van der Waals surface area contributed by atoms with E-state index in [1.165, 1.54) is 0 Å². The Morgan fingerprint density at radius 2 is 2.50 bits per heavy atom. The van der Waals surface area contributed by atoms with Crippen LogP contribution in [0.5, 0.6) is 0 Å². The van der Waals surface area contributed by atoms with E-state index >= 15 is 0 Å². The number of carbonyl (C=O) groups excluding carboxylic acids is 1. The molecule has 0 aliphatic heterocycles. The Morgan fingerprint density at radius 1 is 1.90 bits per heavy atom. The Balaban J connectivity index is 2.28.